The van der Waals surface area contributed by atoms with Crippen LogP contribution in [0, 0.1) is 13.8 Å². The second kappa shape index (κ2) is 7.43. The first kappa shape index (κ1) is 19.5. The van der Waals surface area contributed by atoms with Crippen molar-refractivity contribution in [1.82, 2.24) is 28.5 Å². The number of rotatable bonds is 6. The summed E-state index contributed by atoms with van der Waals surface area (Å²) in [4.78, 5) is 41.9. The molecule has 0 radical (unpaired) electrons. The number of carbonyl (C=O) groups excluding carboxylic acids is 1. The lowest BCUT2D eigenvalue weighted by molar-refractivity contribution is -0.141. The number of aryl methyl sites for hydroxylation is 3. The van der Waals surface area contributed by atoms with Gasteiger partial charge in [0.1, 0.15) is 6.54 Å². The summed E-state index contributed by atoms with van der Waals surface area (Å²) >= 11 is 0. The summed E-state index contributed by atoms with van der Waals surface area (Å²) in [6, 6.07) is 1.88. The van der Waals surface area contributed by atoms with Gasteiger partial charge in [-0.1, -0.05) is 0 Å². The number of fused-ring (bicyclic) bond motifs is 1. The van der Waals surface area contributed by atoms with E-state index < -0.39 is 23.8 Å². The summed E-state index contributed by atoms with van der Waals surface area (Å²) in [6.07, 6.45) is 0. The SMILES string of the molecule is COCCn1c(-n2nc(C)cc2C)nc2c1c(=O)n(CC(=O)OC)c(=O)n2C. The summed E-state index contributed by atoms with van der Waals surface area (Å²) in [5.41, 5.74) is 0.727. The fourth-order valence-electron chi connectivity index (χ4n) is 3.08. The van der Waals surface area contributed by atoms with Gasteiger partial charge in [-0.05, 0) is 19.9 Å². The van der Waals surface area contributed by atoms with Crippen molar-refractivity contribution in [1.29, 1.82) is 0 Å². The van der Waals surface area contributed by atoms with E-state index in [1.165, 1.54) is 18.7 Å². The second-order valence-corrected chi connectivity index (χ2v) is 6.38. The molecule has 0 bridgehead atoms. The average Bonchev–Trinajstić information content (AvgIpc) is 3.20. The van der Waals surface area contributed by atoms with Gasteiger partial charge in [-0.2, -0.15) is 10.1 Å². The van der Waals surface area contributed by atoms with Crippen LogP contribution in [0.15, 0.2) is 15.7 Å². The van der Waals surface area contributed by atoms with Crippen molar-refractivity contribution in [3.8, 4) is 5.95 Å². The van der Waals surface area contributed by atoms with Crippen molar-refractivity contribution in [3.63, 3.8) is 0 Å². The molecule has 3 rings (SSSR count). The summed E-state index contributed by atoms with van der Waals surface area (Å²) < 4.78 is 15.1. The normalized spacial score (nSPS) is 11.3. The molecular formula is C17H22N6O5. The molecule has 0 unspecified atom stereocenters. The number of hydrogen-bond donors (Lipinski definition) is 0. The molecule has 0 aliphatic rings. The van der Waals surface area contributed by atoms with Gasteiger partial charge in [0, 0.05) is 26.4 Å². The van der Waals surface area contributed by atoms with Crippen LogP contribution in [0.25, 0.3) is 17.1 Å². The van der Waals surface area contributed by atoms with Crippen LogP contribution >= 0.6 is 0 Å². The number of nitrogens with zero attached hydrogens (tertiary/aromatic N) is 6. The highest BCUT2D eigenvalue weighted by atomic mass is 16.5. The van der Waals surface area contributed by atoms with Crippen molar-refractivity contribution < 1.29 is 14.3 Å². The Morgan fingerprint density at radius 3 is 2.46 bits per heavy atom. The lowest BCUT2D eigenvalue weighted by atomic mass is 10.4. The molecule has 0 saturated heterocycles. The minimum Gasteiger partial charge on any atom is -0.468 e. The van der Waals surface area contributed by atoms with Gasteiger partial charge in [0.05, 0.1) is 19.4 Å². The first-order valence-corrected chi connectivity index (χ1v) is 8.59. The Bertz CT molecular complexity index is 1170. The van der Waals surface area contributed by atoms with Gasteiger partial charge in [0.2, 0.25) is 5.95 Å². The first-order chi connectivity index (χ1) is 13.3. The first-order valence-electron chi connectivity index (χ1n) is 8.59. The van der Waals surface area contributed by atoms with Crippen molar-refractivity contribution in [3.05, 3.63) is 38.3 Å². The molecule has 150 valence electrons. The molecule has 28 heavy (non-hydrogen) atoms. The van der Waals surface area contributed by atoms with Crippen molar-refractivity contribution >= 4 is 17.1 Å². The smallest absolute Gasteiger partial charge is 0.333 e. The van der Waals surface area contributed by atoms with Gasteiger partial charge in [-0.15, -0.1) is 0 Å². The zero-order chi connectivity index (χ0) is 20.6. The monoisotopic (exact) mass is 390 g/mol. The summed E-state index contributed by atoms with van der Waals surface area (Å²) in [5.74, 6) is -0.305. The molecule has 3 aromatic heterocycles. The van der Waals surface area contributed by atoms with E-state index in [0.717, 1.165) is 16.0 Å². The third kappa shape index (κ3) is 3.13. The Kier molecular flexibility index (Phi) is 5.18. The van der Waals surface area contributed by atoms with Gasteiger partial charge in [0.15, 0.2) is 11.2 Å². The standard InChI is InChI=1S/C17H22N6O5/c1-10-8-11(2)23(19-10)16-18-14-13(21(16)6-7-27-4)15(25)22(9-12(24)28-5)17(26)20(14)3/h8H,6-7,9H2,1-5H3. The molecule has 11 nitrogen and oxygen atoms in total. The number of carbonyl (C=O) groups is 1. The highest BCUT2D eigenvalue weighted by molar-refractivity contribution is 5.74. The summed E-state index contributed by atoms with van der Waals surface area (Å²) in [7, 11) is 4.24. The van der Waals surface area contributed by atoms with Gasteiger partial charge >= 0.3 is 11.7 Å². The summed E-state index contributed by atoms with van der Waals surface area (Å²) in [5, 5.41) is 4.43. The fourth-order valence-corrected chi connectivity index (χ4v) is 3.08. The molecule has 0 atom stereocenters. The van der Waals surface area contributed by atoms with E-state index in [-0.39, 0.29) is 11.2 Å². The molecule has 0 N–H and O–H groups in total. The third-order valence-corrected chi connectivity index (χ3v) is 4.45. The van der Waals surface area contributed by atoms with Crippen molar-refractivity contribution in [2.75, 3.05) is 20.8 Å². The fraction of sp³-hybridized carbons (Fsp3) is 0.471. The van der Waals surface area contributed by atoms with E-state index in [4.69, 9.17) is 4.74 Å². The van der Waals surface area contributed by atoms with Gasteiger partial charge in [-0.25, -0.2) is 14.0 Å². The highest BCUT2D eigenvalue weighted by Gasteiger charge is 2.23. The lowest BCUT2D eigenvalue weighted by Gasteiger charge is -2.10. The molecule has 0 aliphatic heterocycles. The van der Waals surface area contributed by atoms with Crippen LogP contribution < -0.4 is 11.2 Å². The molecule has 0 spiro atoms. The van der Waals surface area contributed by atoms with Crippen LogP contribution in [-0.4, -0.2) is 55.3 Å². The number of ether oxygens (including phenoxy) is 2. The number of imidazole rings is 1. The largest absolute Gasteiger partial charge is 0.468 e. The maximum Gasteiger partial charge on any atom is 0.333 e. The second-order valence-electron chi connectivity index (χ2n) is 6.38. The Labute approximate surface area is 159 Å². The lowest BCUT2D eigenvalue weighted by Crippen LogP contribution is -2.41. The minimum absolute atomic E-state index is 0.186. The number of esters is 1. The zero-order valence-electron chi connectivity index (χ0n) is 16.4. The highest BCUT2D eigenvalue weighted by Crippen LogP contribution is 2.17. The Balaban J connectivity index is 2.38. The van der Waals surface area contributed by atoms with E-state index in [2.05, 4.69) is 14.8 Å². The zero-order valence-corrected chi connectivity index (χ0v) is 16.4. The molecule has 0 fully saturated rings. The molecule has 0 aliphatic carbocycles. The Hall–Kier alpha value is -3.21. The molecule has 11 heteroatoms. The maximum absolute atomic E-state index is 13.1. The molecular weight excluding hydrogens is 368 g/mol. The van der Waals surface area contributed by atoms with Gasteiger partial charge < -0.3 is 14.0 Å². The minimum atomic E-state index is -0.694. The number of hydrogen-bond acceptors (Lipinski definition) is 7. The predicted octanol–water partition coefficient (Wildman–Crippen LogP) is -0.481. The van der Waals surface area contributed by atoms with Crippen LogP contribution in [0.5, 0.6) is 0 Å². The average molecular weight is 390 g/mol. The number of methoxy groups -OCH3 is 2. The van der Waals surface area contributed by atoms with E-state index in [0.29, 0.717) is 19.1 Å². The molecule has 0 saturated carbocycles. The molecule has 3 heterocycles. The molecule has 0 amide bonds. The van der Waals surface area contributed by atoms with E-state index >= 15 is 0 Å². The van der Waals surface area contributed by atoms with Crippen molar-refractivity contribution in [2.45, 2.75) is 26.9 Å². The third-order valence-electron chi connectivity index (χ3n) is 4.45. The quantitative estimate of drug-likeness (QED) is 0.522. The van der Waals surface area contributed by atoms with Crippen LogP contribution in [0.1, 0.15) is 11.4 Å². The van der Waals surface area contributed by atoms with Crippen LogP contribution in [0.4, 0.5) is 0 Å². The van der Waals surface area contributed by atoms with Gasteiger partial charge in [0.25, 0.3) is 5.56 Å². The summed E-state index contributed by atoms with van der Waals surface area (Å²) in [6.45, 7) is 3.87. The van der Waals surface area contributed by atoms with Crippen LogP contribution in [0.3, 0.4) is 0 Å². The van der Waals surface area contributed by atoms with Gasteiger partial charge in [-0.3, -0.25) is 14.2 Å². The Morgan fingerprint density at radius 2 is 1.89 bits per heavy atom. The molecule has 3 aromatic rings. The topological polar surface area (TPSA) is 115 Å². The van der Waals surface area contributed by atoms with E-state index in [1.807, 2.05) is 19.9 Å². The Morgan fingerprint density at radius 1 is 1.18 bits per heavy atom. The van der Waals surface area contributed by atoms with E-state index in [9.17, 15) is 14.4 Å². The molecule has 0 aromatic carbocycles. The van der Waals surface area contributed by atoms with Crippen molar-refractivity contribution in [2.24, 2.45) is 7.05 Å². The van der Waals surface area contributed by atoms with Crippen LogP contribution in [0.2, 0.25) is 0 Å². The van der Waals surface area contributed by atoms with Crippen LogP contribution in [-0.2, 0) is 34.4 Å². The number of aromatic nitrogens is 6. The van der Waals surface area contributed by atoms with E-state index in [1.54, 1.807) is 16.4 Å². The maximum atomic E-state index is 13.1. The predicted molar refractivity (Wildman–Crippen MR) is 99.7 cm³/mol.